The molecule has 1 amide bonds. The predicted molar refractivity (Wildman–Crippen MR) is 72.0 cm³/mol. The summed E-state index contributed by atoms with van der Waals surface area (Å²) in [5.41, 5.74) is 0. The number of nitrogens with zero attached hydrogens (tertiary/aromatic N) is 1. The zero-order valence-electron chi connectivity index (χ0n) is 11.7. The lowest BCUT2D eigenvalue weighted by Crippen LogP contribution is -2.35. The SMILES string of the molecule is CCC1CCCC(NCCCC(=O)N(C)C)C1. The Morgan fingerprint density at radius 3 is 2.76 bits per heavy atom. The second-order valence-corrected chi connectivity index (χ2v) is 5.48. The molecule has 0 radical (unpaired) electrons. The molecule has 1 saturated carbocycles. The van der Waals surface area contributed by atoms with Crippen molar-refractivity contribution < 1.29 is 4.79 Å². The van der Waals surface area contributed by atoms with Crippen molar-refractivity contribution in [1.82, 2.24) is 10.2 Å². The Hall–Kier alpha value is -0.570. The third kappa shape index (κ3) is 5.53. The highest BCUT2D eigenvalue weighted by Gasteiger charge is 2.19. The summed E-state index contributed by atoms with van der Waals surface area (Å²) in [6.45, 7) is 3.28. The van der Waals surface area contributed by atoms with Gasteiger partial charge < -0.3 is 10.2 Å². The fraction of sp³-hybridized carbons (Fsp3) is 0.929. The minimum Gasteiger partial charge on any atom is -0.349 e. The van der Waals surface area contributed by atoms with Gasteiger partial charge in [-0.15, -0.1) is 0 Å². The first-order chi connectivity index (χ1) is 8.13. The lowest BCUT2D eigenvalue weighted by Gasteiger charge is -2.29. The van der Waals surface area contributed by atoms with Crippen LogP contribution >= 0.6 is 0 Å². The molecule has 1 fully saturated rings. The molecule has 0 saturated heterocycles. The molecular weight excluding hydrogens is 212 g/mol. The standard InChI is InChI=1S/C14H28N2O/c1-4-12-7-5-8-13(11-12)15-10-6-9-14(17)16(2)3/h12-13,15H,4-11H2,1-3H3. The highest BCUT2D eigenvalue weighted by molar-refractivity contribution is 5.75. The fourth-order valence-corrected chi connectivity index (χ4v) is 2.62. The van der Waals surface area contributed by atoms with Crippen molar-refractivity contribution in [2.75, 3.05) is 20.6 Å². The maximum absolute atomic E-state index is 11.4. The lowest BCUT2D eigenvalue weighted by molar-refractivity contribution is -0.128. The Morgan fingerprint density at radius 2 is 2.12 bits per heavy atom. The van der Waals surface area contributed by atoms with Crippen molar-refractivity contribution in [2.45, 2.75) is 57.9 Å². The average Bonchev–Trinajstić information content (AvgIpc) is 2.34. The molecule has 100 valence electrons. The van der Waals surface area contributed by atoms with Gasteiger partial charge in [-0.25, -0.2) is 0 Å². The van der Waals surface area contributed by atoms with E-state index in [0.29, 0.717) is 12.5 Å². The van der Waals surface area contributed by atoms with Gasteiger partial charge in [0.1, 0.15) is 0 Å². The van der Waals surface area contributed by atoms with Gasteiger partial charge in [-0.2, -0.15) is 0 Å². The van der Waals surface area contributed by atoms with Crippen LogP contribution in [0.1, 0.15) is 51.9 Å². The zero-order chi connectivity index (χ0) is 12.7. The second-order valence-electron chi connectivity index (χ2n) is 5.48. The summed E-state index contributed by atoms with van der Waals surface area (Å²) in [7, 11) is 3.64. The van der Waals surface area contributed by atoms with Crippen molar-refractivity contribution >= 4 is 5.91 Å². The van der Waals surface area contributed by atoms with Crippen molar-refractivity contribution in [3.05, 3.63) is 0 Å². The highest BCUT2D eigenvalue weighted by Crippen LogP contribution is 2.26. The summed E-state index contributed by atoms with van der Waals surface area (Å²) < 4.78 is 0. The van der Waals surface area contributed by atoms with E-state index in [0.717, 1.165) is 18.9 Å². The molecule has 0 aromatic rings. The van der Waals surface area contributed by atoms with E-state index in [1.807, 2.05) is 14.1 Å². The van der Waals surface area contributed by atoms with Crippen LogP contribution in [0.4, 0.5) is 0 Å². The van der Waals surface area contributed by atoms with Crippen LogP contribution in [0.25, 0.3) is 0 Å². The van der Waals surface area contributed by atoms with Gasteiger partial charge in [-0.05, 0) is 31.7 Å². The number of rotatable bonds is 6. The third-order valence-corrected chi connectivity index (χ3v) is 3.86. The van der Waals surface area contributed by atoms with E-state index in [9.17, 15) is 4.79 Å². The number of hydrogen-bond donors (Lipinski definition) is 1. The maximum Gasteiger partial charge on any atom is 0.222 e. The topological polar surface area (TPSA) is 32.3 Å². The van der Waals surface area contributed by atoms with Gasteiger partial charge >= 0.3 is 0 Å². The first-order valence-corrected chi connectivity index (χ1v) is 7.07. The zero-order valence-corrected chi connectivity index (χ0v) is 11.7. The molecule has 0 aromatic heterocycles. The van der Waals surface area contributed by atoms with Crippen LogP contribution in [-0.2, 0) is 4.79 Å². The average molecular weight is 240 g/mol. The molecule has 2 atom stereocenters. The van der Waals surface area contributed by atoms with E-state index in [-0.39, 0.29) is 5.91 Å². The molecule has 3 nitrogen and oxygen atoms in total. The molecule has 0 aromatic carbocycles. The molecule has 0 bridgehead atoms. The van der Waals surface area contributed by atoms with Gasteiger partial charge in [0, 0.05) is 26.6 Å². The van der Waals surface area contributed by atoms with Crippen molar-refractivity contribution in [1.29, 1.82) is 0 Å². The fourth-order valence-electron chi connectivity index (χ4n) is 2.62. The van der Waals surface area contributed by atoms with Gasteiger partial charge in [-0.1, -0.05) is 26.2 Å². The van der Waals surface area contributed by atoms with Crippen molar-refractivity contribution in [2.24, 2.45) is 5.92 Å². The quantitative estimate of drug-likeness (QED) is 0.723. The van der Waals surface area contributed by atoms with Gasteiger partial charge in [-0.3, -0.25) is 4.79 Å². The van der Waals surface area contributed by atoms with Crippen LogP contribution in [0, 0.1) is 5.92 Å². The molecule has 0 aliphatic heterocycles. The van der Waals surface area contributed by atoms with Crippen molar-refractivity contribution in [3.63, 3.8) is 0 Å². The normalized spacial score (nSPS) is 24.6. The summed E-state index contributed by atoms with van der Waals surface area (Å²) in [6.07, 6.45) is 8.38. The van der Waals surface area contributed by atoms with E-state index in [1.165, 1.54) is 32.1 Å². The molecule has 1 rings (SSSR count). The number of carbonyl (C=O) groups is 1. The largest absolute Gasteiger partial charge is 0.349 e. The second kappa shape index (κ2) is 7.70. The molecule has 17 heavy (non-hydrogen) atoms. The molecule has 1 N–H and O–H groups in total. The first kappa shape index (κ1) is 14.5. The summed E-state index contributed by atoms with van der Waals surface area (Å²) >= 11 is 0. The number of carbonyl (C=O) groups excluding carboxylic acids is 1. The minimum atomic E-state index is 0.238. The van der Waals surface area contributed by atoms with Crippen LogP contribution in [-0.4, -0.2) is 37.5 Å². The van der Waals surface area contributed by atoms with Crippen LogP contribution in [0.5, 0.6) is 0 Å². The Bertz CT molecular complexity index is 228. The monoisotopic (exact) mass is 240 g/mol. The Labute approximate surface area is 106 Å². The number of hydrogen-bond acceptors (Lipinski definition) is 2. The Kier molecular flexibility index (Phi) is 6.56. The van der Waals surface area contributed by atoms with E-state index in [1.54, 1.807) is 4.90 Å². The molecular formula is C14H28N2O. The van der Waals surface area contributed by atoms with Crippen LogP contribution in [0.15, 0.2) is 0 Å². The molecule has 2 unspecified atom stereocenters. The third-order valence-electron chi connectivity index (χ3n) is 3.86. The van der Waals surface area contributed by atoms with E-state index < -0.39 is 0 Å². The van der Waals surface area contributed by atoms with E-state index >= 15 is 0 Å². The molecule has 0 spiro atoms. The summed E-state index contributed by atoms with van der Waals surface area (Å²) in [4.78, 5) is 13.1. The smallest absolute Gasteiger partial charge is 0.222 e. The molecule has 1 aliphatic rings. The molecule has 1 aliphatic carbocycles. The van der Waals surface area contributed by atoms with E-state index in [4.69, 9.17) is 0 Å². The summed E-state index contributed by atoms with van der Waals surface area (Å²) in [6, 6.07) is 0.697. The first-order valence-electron chi connectivity index (χ1n) is 7.07. The van der Waals surface area contributed by atoms with Gasteiger partial charge in [0.2, 0.25) is 5.91 Å². The van der Waals surface area contributed by atoms with Crippen LogP contribution in [0.3, 0.4) is 0 Å². The maximum atomic E-state index is 11.4. The molecule has 0 heterocycles. The van der Waals surface area contributed by atoms with Gasteiger partial charge in [0.25, 0.3) is 0 Å². The molecule has 3 heteroatoms. The van der Waals surface area contributed by atoms with Crippen molar-refractivity contribution in [3.8, 4) is 0 Å². The van der Waals surface area contributed by atoms with Crippen LogP contribution < -0.4 is 5.32 Å². The minimum absolute atomic E-state index is 0.238. The lowest BCUT2D eigenvalue weighted by atomic mass is 9.84. The highest BCUT2D eigenvalue weighted by atomic mass is 16.2. The number of nitrogens with one attached hydrogen (secondary N) is 1. The summed E-state index contributed by atoms with van der Waals surface area (Å²) in [5.74, 6) is 1.16. The Morgan fingerprint density at radius 1 is 1.35 bits per heavy atom. The van der Waals surface area contributed by atoms with E-state index in [2.05, 4.69) is 12.2 Å². The Balaban J connectivity index is 2.08. The van der Waals surface area contributed by atoms with Crippen LogP contribution in [0.2, 0.25) is 0 Å². The van der Waals surface area contributed by atoms with Gasteiger partial charge in [0.15, 0.2) is 0 Å². The van der Waals surface area contributed by atoms with Gasteiger partial charge in [0.05, 0.1) is 0 Å². The predicted octanol–water partition coefficient (Wildman–Crippen LogP) is 2.41. The summed E-state index contributed by atoms with van der Waals surface area (Å²) in [5, 5.41) is 3.61. The number of amides is 1.